The fourth-order valence-electron chi connectivity index (χ4n) is 2.30. The molecular formula is C16H20N2O4S2. The molecule has 0 aliphatic rings. The Morgan fingerprint density at radius 3 is 2.54 bits per heavy atom. The summed E-state index contributed by atoms with van der Waals surface area (Å²) in [6.45, 7) is 9.30. The average molecular weight is 368 g/mol. The zero-order chi connectivity index (χ0) is 18.0. The Hall–Kier alpha value is -1.67. The Bertz CT molecular complexity index is 854. The number of hydrogen-bond acceptors (Lipinski definition) is 7. The number of fused-ring (bicyclic) bond motifs is 1. The lowest BCUT2D eigenvalue weighted by atomic mass is 10.2. The number of rotatable bonds is 6. The lowest BCUT2D eigenvalue weighted by Gasteiger charge is -2.15. The molecule has 130 valence electrons. The summed E-state index contributed by atoms with van der Waals surface area (Å²) in [6, 6.07) is 0. The second-order valence-corrected chi connectivity index (χ2v) is 7.54. The molecule has 0 spiro atoms. The molecule has 0 fully saturated rings. The SMILES string of the molecule is CCOC(=O)[C@H](Sc1nc2sc(C)c(C)c2c(=O)n1CC)C(C)=O. The standard InChI is InChI=1S/C16H20N2O4S2/c1-6-18-14(20)11-8(3)10(5)23-13(11)17-16(18)24-12(9(4)19)15(21)22-7-2/h12H,6-7H2,1-5H3/t12-/m1/s1. The molecule has 0 amide bonds. The average Bonchev–Trinajstić information content (AvgIpc) is 2.79. The van der Waals surface area contributed by atoms with E-state index in [0.29, 0.717) is 21.9 Å². The van der Waals surface area contributed by atoms with E-state index in [1.54, 1.807) is 6.92 Å². The smallest absolute Gasteiger partial charge is 0.327 e. The third kappa shape index (κ3) is 3.39. The van der Waals surface area contributed by atoms with Crippen LogP contribution in [0.2, 0.25) is 0 Å². The predicted molar refractivity (Wildman–Crippen MR) is 96.0 cm³/mol. The van der Waals surface area contributed by atoms with Gasteiger partial charge in [0.05, 0.1) is 12.0 Å². The summed E-state index contributed by atoms with van der Waals surface area (Å²) in [5, 5.41) is -0.0435. The van der Waals surface area contributed by atoms with E-state index in [1.807, 2.05) is 20.8 Å². The zero-order valence-electron chi connectivity index (χ0n) is 14.3. The molecular weight excluding hydrogens is 348 g/mol. The predicted octanol–water partition coefficient (Wildman–Crippen LogP) is 2.71. The van der Waals surface area contributed by atoms with Gasteiger partial charge in [0, 0.05) is 11.4 Å². The summed E-state index contributed by atoms with van der Waals surface area (Å²) in [4.78, 5) is 42.8. The second-order valence-electron chi connectivity index (χ2n) is 5.27. The normalized spacial score (nSPS) is 12.4. The van der Waals surface area contributed by atoms with Gasteiger partial charge >= 0.3 is 5.97 Å². The lowest BCUT2D eigenvalue weighted by molar-refractivity contribution is -0.144. The van der Waals surface area contributed by atoms with Crippen LogP contribution in [0.15, 0.2) is 9.95 Å². The first-order valence-corrected chi connectivity index (χ1v) is 9.35. The van der Waals surface area contributed by atoms with Crippen LogP contribution >= 0.6 is 23.1 Å². The number of aromatic nitrogens is 2. The molecule has 2 heterocycles. The van der Waals surface area contributed by atoms with Crippen molar-refractivity contribution in [2.45, 2.75) is 51.6 Å². The van der Waals surface area contributed by atoms with Gasteiger partial charge in [0.2, 0.25) is 0 Å². The molecule has 0 radical (unpaired) electrons. The van der Waals surface area contributed by atoms with Gasteiger partial charge in [0.1, 0.15) is 4.83 Å². The Kier molecular flexibility index (Phi) is 5.82. The fraction of sp³-hybridized carbons (Fsp3) is 0.500. The highest BCUT2D eigenvalue weighted by Crippen LogP contribution is 2.30. The van der Waals surface area contributed by atoms with E-state index in [0.717, 1.165) is 22.2 Å². The summed E-state index contributed by atoms with van der Waals surface area (Å²) in [7, 11) is 0. The number of ketones is 1. The summed E-state index contributed by atoms with van der Waals surface area (Å²) in [5.41, 5.74) is 0.790. The van der Waals surface area contributed by atoms with Crippen molar-refractivity contribution in [3.8, 4) is 0 Å². The van der Waals surface area contributed by atoms with Crippen LogP contribution in [0.3, 0.4) is 0 Å². The van der Waals surface area contributed by atoms with Crippen molar-refractivity contribution in [2.24, 2.45) is 0 Å². The third-order valence-corrected chi connectivity index (χ3v) is 6.05. The summed E-state index contributed by atoms with van der Waals surface area (Å²) >= 11 is 2.42. The molecule has 0 bridgehead atoms. The van der Waals surface area contributed by atoms with Crippen LogP contribution in [0.25, 0.3) is 10.2 Å². The first kappa shape index (κ1) is 18.7. The molecule has 0 aliphatic heterocycles. The molecule has 0 saturated carbocycles. The summed E-state index contributed by atoms with van der Waals surface area (Å²) in [6.07, 6.45) is 0. The monoisotopic (exact) mass is 368 g/mol. The third-order valence-electron chi connectivity index (χ3n) is 3.66. The van der Waals surface area contributed by atoms with E-state index < -0.39 is 11.2 Å². The number of thiophene rings is 1. The molecule has 0 unspecified atom stereocenters. The molecule has 0 N–H and O–H groups in total. The van der Waals surface area contributed by atoms with Crippen LogP contribution in [0.5, 0.6) is 0 Å². The molecule has 8 heteroatoms. The van der Waals surface area contributed by atoms with Gasteiger partial charge in [-0.1, -0.05) is 11.8 Å². The van der Waals surface area contributed by atoms with Crippen molar-refractivity contribution in [1.82, 2.24) is 9.55 Å². The molecule has 24 heavy (non-hydrogen) atoms. The Morgan fingerprint density at radius 2 is 2.00 bits per heavy atom. The number of thioether (sulfide) groups is 1. The molecule has 0 aliphatic carbocycles. The van der Waals surface area contributed by atoms with Crippen LogP contribution in [-0.2, 0) is 20.9 Å². The number of esters is 1. The quantitative estimate of drug-likeness (QED) is 0.338. The minimum absolute atomic E-state index is 0.141. The summed E-state index contributed by atoms with van der Waals surface area (Å²) in [5.74, 6) is -0.931. The van der Waals surface area contributed by atoms with Gasteiger partial charge in [-0.25, -0.2) is 4.98 Å². The molecule has 2 rings (SSSR count). The van der Waals surface area contributed by atoms with Crippen LogP contribution in [0.1, 0.15) is 31.2 Å². The minimum Gasteiger partial charge on any atom is -0.465 e. The van der Waals surface area contributed by atoms with Crippen molar-refractivity contribution in [1.29, 1.82) is 0 Å². The van der Waals surface area contributed by atoms with Crippen molar-refractivity contribution in [2.75, 3.05) is 6.61 Å². The number of carbonyl (C=O) groups excluding carboxylic acids is 2. The molecule has 1 atom stereocenters. The van der Waals surface area contributed by atoms with E-state index >= 15 is 0 Å². The van der Waals surface area contributed by atoms with Crippen LogP contribution < -0.4 is 5.56 Å². The van der Waals surface area contributed by atoms with Gasteiger partial charge in [-0.3, -0.25) is 19.0 Å². The van der Waals surface area contributed by atoms with Crippen molar-refractivity contribution >= 4 is 45.1 Å². The number of carbonyl (C=O) groups is 2. The number of Topliss-reactive ketones (excluding diaryl/α,β-unsaturated/α-hetero) is 1. The number of hydrogen-bond donors (Lipinski definition) is 0. The summed E-state index contributed by atoms with van der Waals surface area (Å²) < 4.78 is 6.46. The maximum Gasteiger partial charge on any atom is 0.327 e. The largest absolute Gasteiger partial charge is 0.465 e. The van der Waals surface area contributed by atoms with E-state index in [2.05, 4.69) is 4.98 Å². The second kappa shape index (κ2) is 7.48. The minimum atomic E-state index is -1.02. The topological polar surface area (TPSA) is 78.3 Å². The van der Waals surface area contributed by atoms with Gasteiger partial charge in [-0.05, 0) is 40.2 Å². The Morgan fingerprint density at radius 1 is 1.33 bits per heavy atom. The zero-order valence-corrected chi connectivity index (χ0v) is 16.0. The fourth-order valence-corrected chi connectivity index (χ4v) is 4.40. The number of ether oxygens (including phenoxy) is 1. The van der Waals surface area contributed by atoms with Crippen LogP contribution in [0, 0.1) is 13.8 Å². The van der Waals surface area contributed by atoms with E-state index in [1.165, 1.54) is 22.8 Å². The van der Waals surface area contributed by atoms with Crippen molar-refractivity contribution in [3.05, 3.63) is 20.8 Å². The van der Waals surface area contributed by atoms with Crippen LogP contribution in [-0.4, -0.2) is 33.2 Å². The van der Waals surface area contributed by atoms with Crippen LogP contribution in [0.4, 0.5) is 0 Å². The van der Waals surface area contributed by atoms with Crippen molar-refractivity contribution in [3.63, 3.8) is 0 Å². The van der Waals surface area contributed by atoms with Gasteiger partial charge in [0.25, 0.3) is 5.56 Å². The molecule has 6 nitrogen and oxygen atoms in total. The van der Waals surface area contributed by atoms with Gasteiger partial charge in [-0.2, -0.15) is 0 Å². The highest BCUT2D eigenvalue weighted by Gasteiger charge is 2.29. The molecule has 2 aromatic heterocycles. The van der Waals surface area contributed by atoms with E-state index in [-0.39, 0.29) is 17.9 Å². The first-order valence-electron chi connectivity index (χ1n) is 7.66. The number of aryl methyl sites for hydroxylation is 2. The molecule has 2 aromatic rings. The number of nitrogens with zero attached hydrogens (tertiary/aromatic N) is 2. The van der Waals surface area contributed by atoms with Gasteiger partial charge < -0.3 is 4.74 Å². The lowest BCUT2D eigenvalue weighted by Crippen LogP contribution is -2.29. The van der Waals surface area contributed by atoms with Crippen molar-refractivity contribution < 1.29 is 14.3 Å². The van der Waals surface area contributed by atoms with Gasteiger partial charge in [-0.15, -0.1) is 11.3 Å². The Balaban J connectivity index is 2.57. The first-order chi connectivity index (χ1) is 11.3. The maximum atomic E-state index is 12.8. The highest BCUT2D eigenvalue weighted by molar-refractivity contribution is 8.01. The van der Waals surface area contributed by atoms with Gasteiger partial charge in [0.15, 0.2) is 16.2 Å². The van der Waals surface area contributed by atoms with E-state index in [4.69, 9.17) is 4.74 Å². The highest BCUT2D eigenvalue weighted by atomic mass is 32.2. The molecule has 0 aromatic carbocycles. The Labute approximate surface area is 148 Å². The van der Waals surface area contributed by atoms with E-state index in [9.17, 15) is 14.4 Å². The molecule has 0 saturated heterocycles. The maximum absolute atomic E-state index is 12.8.